The molecule has 1 aliphatic rings. The van der Waals surface area contributed by atoms with E-state index in [1.54, 1.807) is 13.8 Å². The molecule has 2 unspecified atom stereocenters. The van der Waals surface area contributed by atoms with Gasteiger partial charge < -0.3 is 5.11 Å². The topological polar surface area (TPSA) is 85.1 Å². The standard InChI is InChI=1S/C8H13N3O3S/c1-5-9-6(2)11(10-5)7-3-15(13,14)4-8(7)12/h7-8,12H,3-4H2,1-2H3. The molecule has 15 heavy (non-hydrogen) atoms. The summed E-state index contributed by atoms with van der Waals surface area (Å²) in [6.45, 7) is 3.48. The van der Waals surface area contributed by atoms with Crippen LogP contribution in [0.3, 0.4) is 0 Å². The summed E-state index contributed by atoms with van der Waals surface area (Å²) >= 11 is 0. The highest BCUT2D eigenvalue weighted by Crippen LogP contribution is 2.24. The number of nitrogens with zero attached hydrogens (tertiary/aromatic N) is 3. The Labute approximate surface area is 87.9 Å². The molecule has 0 spiro atoms. The van der Waals surface area contributed by atoms with Crippen LogP contribution < -0.4 is 0 Å². The largest absolute Gasteiger partial charge is 0.390 e. The molecule has 1 aromatic heterocycles. The van der Waals surface area contributed by atoms with Gasteiger partial charge in [0.2, 0.25) is 0 Å². The summed E-state index contributed by atoms with van der Waals surface area (Å²) in [6.07, 6.45) is -0.880. The van der Waals surface area contributed by atoms with E-state index in [2.05, 4.69) is 10.1 Å². The van der Waals surface area contributed by atoms with E-state index in [4.69, 9.17) is 0 Å². The van der Waals surface area contributed by atoms with Crippen molar-refractivity contribution in [3.63, 3.8) is 0 Å². The fraction of sp³-hybridized carbons (Fsp3) is 0.750. The number of aromatic nitrogens is 3. The minimum Gasteiger partial charge on any atom is -0.390 e. The van der Waals surface area contributed by atoms with Crippen LogP contribution in [0.15, 0.2) is 0 Å². The van der Waals surface area contributed by atoms with E-state index in [9.17, 15) is 13.5 Å². The Morgan fingerprint density at radius 3 is 2.47 bits per heavy atom. The number of hydrogen-bond acceptors (Lipinski definition) is 5. The molecule has 0 aliphatic carbocycles. The lowest BCUT2D eigenvalue weighted by Gasteiger charge is -2.13. The number of aryl methyl sites for hydroxylation is 2. The van der Waals surface area contributed by atoms with Gasteiger partial charge in [0, 0.05) is 0 Å². The second-order valence-electron chi connectivity index (χ2n) is 3.86. The van der Waals surface area contributed by atoms with Crippen molar-refractivity contribution in [1.29, 1.82) is 0 Å². The molecule has 0 aromatic carbocycles. The van der Waals surface area contributed by atoms with Crippen molar-refractivity contribution >= 4 is 9.84 Å². The molecular formula is C8H13N3O3S. The van der Waals surface area contributed by atoms with Gasteiger partial charge >= 0.3 is 0 Å². The lowest BCUT2D eigenvalue weighted by molar-refractivity contribution is 0.145. The Balaban J connectivity index is 2.37. The van der Waals surface area contributed by atoms with Gasteiger partial charge in [-0.05, 0) is 13.8 Å². The van der Waals surface area contributed by atoms with Gasteiger partial charge in [0.05, 0.1) is 23.7 Å². The quantitative estimate of drug-likeness (QED) is 0.685. The fourth-order valence-electron chi connectivity index (χ4n) is 1.89. The maximum atomic E-state index is 11.3. The Kier molecular flexibility index (Phi) is 2.31. The lowest BCUT2D eigenvalue weighted by atomic mass is 10.2. The molecule has 7 heteroatoms. The van der Waals surface area contributed by atoms with E-state index in [1.165, 1.54) is 4.68 Å². The van der Waals surface area contributed by atoms with Gasteiger partial charge in [-0.15, -0.1) is 0 Å². The first kappa shape index (κ1) is 10.6. The zero-order valence-electron chi connectivity index (χ0n) is 8.58. The summed E-state index contributed by atoms with van der Waals surface area (Å²) in [4.78, 5) is 4.08. The third-order valence-corrected chi connectivity index (χ3v) is 4.21. The van der Waals surface area contributed by atoms with E-state index >= 15 is 0 Å². The van der Waals surface area contributed by atoms with E-state index < -0.39 is 22.0 Å². The average Bonchev–Trinajstić information content (AvgIpc) is 2.52. The zero-order chi connectivity index (χ0) is 11.2. The molecule has 0 saturated carbocycles. The second kappa shape index (κ2) is 3.28. The molecular weight excluding hydrogens is 218 g/mol. The summed E-state index contributed by atoms with van der Waals surface area (Å²) in [5.74, 6) is 0.978. The van der Waals surface area contributed by atoms with Crippen LogP contribution in [0.2, 0.25) is 0 Å². The van der Waals surface area contributed by atoms with E-state index in [0.717, 1.165) is 0 Å². The van der Waals surface area contributed by atoms with Gasteiger partial charge in [0.1, 0.15) is 11.6 Å². The molecule has 84 valence electrons. The first-order valence-electron chi connectivity index (χ1n) is 4.67. The third-order valence-electron chi connectivity index (χ3n) is 2.52. The first-order valence-corrected chi connectivity index (χ1v) is 6.49. The summed E-state index contributed by atoms with van der Waals surface area (Å²) in [7, 11) is -3.14. The predicted molar refractivity (Wildman–Crippen MR) is 53.2 cm³/mol. The summed E-state index contributed by atoms with van der Waals surface area (Å²) in [6, 6.07) is -0.490. The van der Waals surface area contributed by atoms with Crippen LogP contribution in [-0.2, 0) is 9.84 Å². The Hall–Kier alpha value is -0.950. The van der Waals surface area contributed by atoms with Gasteiger partial charge in [-0.1, -0.05) is 0 Å². The minimum atomic E-state index is -3.14. The van der Waals surface area contributed by atoms with Crippen molar-refractivity contribution in [3.05, 3.63) is 11.6 Å². The molecule has 2 rings (SSSR count). The van der Waals surface area contributed by atoms with Crippen LogP contribution in [-0.4, -0.2) is 45.9 Å². The van der Waals surface area contributed by atoms with Gasteiger partial charge in [0.15, 0.2) is 9.84 Å². The molecule has 1 aromatic rings. The SMILES string of the molecule is Cc1nc(C)n(C2CS(=O)(=O)CC2O)n1. The van der Waals surface area contributed by atoms with Crippen molar-refractivity contribution in [3.8, 4) is 0 Å². The molecule has 0 bridgehead atoms. The van der Waals surface area contributed by atoms with Crippen LogP contribution in [0, 0.1) is 13.8 Å². The maximum Gasteiger partial charge on any atom is 0.155 e. The molecule has 0 amide bonds. The van der Waals surface area contributed by atoms with Crippen molar-refractivity contribution in [1.82, 2.24) is 14.8 Å². The molecule has 1 fully saturated rings. The molecule has 1 N–H and O–H groups in total. The monoisotopic (exact) mass is 231 g/mol. The Morgan fingerprint density at radius 1 is 1.40 bits per heavy atom. The highest BCUT2D eigenvalue weighted by molar-refractivity contribution is 7.91. The molecule has 1 saturated heterocycles. The number of aliphatic hydroxyl groups is 1. The van der Waals surface area contributed by atoms with Crippen LogP contribution >= 0.6 is 0 Å². The van der Waals surface area contributed by atoms with Crippen molar-refractivity contribution in [2.24, 2.45) is 0 Å². The van der Waals surface area contributed by atoms with Gasteiger partial charge in [-0.2, -0.15) is 5.10 Å². The van der Waals surface area contributed by atoms with Gasteiger partial charge in [0.25, 0.3) is 0 Å². The zero-order valence-corrected chi connectivity index (χ0v) is 9.40. The van der Waals surface area contributed by atoms with E-state index in [-0.39, 0.29) is 11.5 Å². The number of rotatable bonds is 1. The third kappa shape index (κ3) is 1.89. The van der Waals surface area contributed by atoms with Crippen LogP contribution in [0.25, 0.3) is 0 Å². The summed E-state index contributed by atoms with van der Waals surface area (Å²) in [5, 5.41) is 13.7. The molecule has 1 aliphatic heterocycles. The number of hydrogen-bond donors (Lipinski definition) is 1. The first-order chi connectivity index (χ1) is 6.89. The van der Waals surface area contributed by atoms with Crippen LogP contribution in [0.4, 0.5) is 0 Å². The van der Waals surface area contributed by atoms with Gasteiger partial charge in [-0.3, -0.25) is 0 Å². The summed E-state index contributed by atoms with van der Waals surface area (Å²) in [5.41, 5.74) is 0. The smallest absolute Gasteiger partial charge is 0.155 e. The maximum absolute atomic E-state index is 11.3. The molecule has 2 atom stereocenters. The highest BCUT2D eigenvalue weighted by atomic mass is 32.2. The van der Waals surface area contributed by atoms with Gasteiger partial charge in [-0.25, -0.2) is 18.1 Å². The summed E-state index contributed by atoms with van der Waals surface area (Å²) < 4.78 is 24.1. The van der Waals surface area contributed by atoms with Crippen LogP contribution in [0.1, 0.15) is 17.7 Å². The van der Waals surface area contributed by atoms with Crippen molar-refractivity contribution in [2.75, 3.05) is 11.5 Å². The molecule has 2 heterocycles. The van der Waals surface area contributed by atoms with Crippen molar-refractivity contribution < 1.29 is 13.5 Å². The molecule has 0 radical (unpaired) electrons. The van der Waals surface area contributed by atoms with Crippen molar-refractivity contribution in [2.45, 2.75) is 26.0 Å². The highest BCUT2D eigenvalue weighted by Gasteiger charge is 2.38. The Morgan fingerprint density at radius 2 is 2.07 bits per heavy atom. The second-order valence-corrected chi connectivity index (χ2v) is 6.02. The predicted octanol–water partition coefficient (Wildman–Crippen LogP) is -0.775. The van der Waals surface area contributed by atoms with E-state index in [1.807, 2.05) is 0 Å². The number of aliphatic hydroxyl groups excluding tert-OH is 1. The average molecular weight is 231 g/mol. The molecule has 6 nitrogen and oxygen atoms in total. The normalized spacial score (nSPS) is 29.5. The van der Waals surface area contributed by atoms with Crippen LogP contribution in [0.5, 0.6) is 0 Å². The number of sulfone groups is 1. The van der Waals surface area contributed by atoms with E-state index in [0.29, 0.717) is 11.6 Å². The minimum absolute atomic E-state index is 0.0577. The fourth-order valence-corrected chi connectivity index (χ4v) is 3.66. The Bertz CT molecular complexity index is 479. The lowest BCUT2D eigenvalue weighted by Crippen LogP contribution is -2.24.